The summed E-state index contributed by atoms with van der Waals surface area (Å²) in [6.45, 7) is 5.15. The summed E-state index contributed by atoms with van der Waals surface area (Å²) in [7, 11) is 0. The van der Waals surface area contributed by atoms with Gasteiger partial charge in [0, 0.05) is 48.7 Å². The molecule has 0 radical (unpaired) electrons. The van der Waals surface area contributed by atoms with Crippen molar-refractivity contribution >= 4 is 5.91 Å². The largest absolute Gasteiger partial charge is 0.437 e. The third-order valence-electron chi connectivity index (χ3n) is 6.22. The van der Waals surface area contributed by atoms with Crippen molar-refractivity contribution in [2.75, 3.05) is 13.1 Å². The van der Waals surface area contributed by atoms with Crippen LogP contribution >= 0.6 is 0 Å². The maximum absolute atomic E-state index is 13.6. The highest BCUT2D eigenvalue weighted by Crippen LogP contribution is 2.34. The molecule has 1 aliphatic rings. The van der Waals surface area contributed by atoms with E-state index < -0.39 is 0 Å². The van der Waals surface area contributed by atoms with E-state index in [2.05, 4.69) is 15.1 Å². The fourth-order valence-electron chi connectivity index (χ4n) is 4.54. The average Bonchev–Trinajstić information content (AvgIpc) is 3.22. The molecule has 4 aromatic rings. The van der Waals surface area contributed by atoms with Gasteiger partial charge < -0.3 is 9.64 Å². The quantitative estimate of drug-likeness (QED) is 0.399. The third kappa shape index (κ3) is 4.91. The first kappa shape index (κ1) is 22.7. The van der Waals surface area contributed by atoms with E-state index in [4.69, 9.17) is 4.74 Å². The van der Waals surface area contributed by atoms with Gasteiger partial charge in [0.1, 0.15) is 17.3 Å². The minimum absolute atomic E-state index is 0.00205. The molecule has 1 fully saturated rings. The van der Waals surface area contributed by atoms with Gasteiger partial charge in [0.2, 0.25) is 5.88 Å². The number of carbonyl (C=O) groups is 1. The molecule has 0 spiro atoms. The maximum atomic E-state index is 13.6. The molecule has 0 N–H and O–H groups in total. The Balaban J connectivity index is 1.28. The number of aromatic nitrogens is 4. The second-order valence-corrected chi connectivity index (χ2v) is 8.76. The molecule has 5 rings (SSSR count). The molecule has 2 aromatic carbocycles. The number of carbonyl (C=O) groups excluding carboxylic acids is 1. The second kappa shape index (κ2) is 9.66. The first-order valence-corrected chi connectivity index (χ1v) is 11.7. The fourth-order valence-corrected chi connectivity index (χ4v) is 4.54. The van der Waals surface area contributed by atoms with E-state index in [0.29, 0.717) is 30.3 Å². The molecule has 0 bridgehead atoms. The Bertz CT molecular complexity index is 1360. The monoisotopic (exact) mass is 471 g/mol. The Morgan fingerprint density at radius 2 is 1.77 bits per heavy atom. The number of piperidine rings is 1. The third-order valence-corrected chi connectivity index (χ3v) is 6.22. The number of hydrogen-bond donors (Lipinski definition) is 0. The van der Waals surface area contributed by atoms with Crippen molar-refractivity contribution in [2.24, 2.45) is 0 Å². The number of likely N-dealkylation sites (tertiary alicyclic amines) is 1. The van der Waals surface area contributed by atoms with Crippen LogP contribution in [0.2, 0.25) is 0 Å². The van der Waals surface area contributed by atoms with Gasteiger partial charge in [-0.15, -0.1) is 0 Å². The summed E-state index contributed by atoms with van der Waals surface area (Å²) in [6, 6.07) is 15.6. The lowest BCUT2D eigenvalue weighted by Gasteiger charge is -2.32. The number of amides is 1. The second-order valence-electron chi connectivity index (χ2n) is 8.76. The number of hydrogen-bond acceptors (Lipinski definition) is 5. The summed E-state index contributed by atoms with van der Waals surface area (Å²) in [5.74, 6) is 0.476. The normalized spacial score (nSPS) is 14.2. The van der Waals surface area contributed by atoms with Crippen LogP contribution in [0.1, 0.15) is 46.2 Å². The molecule has 0 unspecified atom stereocenters. The lowest BCUT2D eigenvalue weighted by Crippen LogP contribution is -2.38. The Kier molecular flexibility index (Phi) is 6.27. The van der Waals surface area contributed by atoms with Crippen molar-refractivity contribution in [3.63, 3.8) is 0 Å². The molecule has 0 saturated carbocycles. The molecule has 3 heterocycles. The van der Waals surface area contributed by atoms with Gasteiger partial charge in [-0.3, -0.25) is 9.78 Å². The smallest absolute Gasteiger partial charge is 0.253 e. The Hall–Kier alpha value is -4.07. The first-order chi connectivity index (χ1) is 17.0. The van der Waals surface area contributed by atoms with Crippen LogP contribution in [-0.2, 0) is 0 Å². The van der Waals surface area contributed by atoms with Crippen LogP contribution in [-0.4, -0.2) is 43.6 Å². The zero-order chi connectivity index (χ0) is 24.4. The summed E-state index contributed by atoms with van der Waals surface area (Å²) < 4.78 is 21.3. The SMILES string of the molecule is Cc1cc(C)n(-c2cccc(C(=O)N3CCC(c4nccnc4Oc4cccc(F)c4)CC3)c2)n1. The van der Waals surface area contributed by atoms with Crippen LogP contribution in [0, 0.1) is 19.7 Å². The van der Waals surface area contributed by atoms with E-state index in [0.717, 1.165) is 35.6 Å². The Morgan fingerprint density at radius 3 is 2.51 bits per heavy atom. The number of aryl methyl sites for hydroxylation is 2. The minimum Gasteiger partial charge on any atom is -0.437 e. The summed E-state index contributed by atoms with van der Waals surface area (Å²) in [5, 5.41) is 4.53. The van der Waals surface area contributed by atoms with E-state index in [1.807, 2.05) is 53.8 Å². The van der Waals surface area contributed by atoms with Crippen LogP contribution in [0.4, 0.5) is 4.39 Å². The van der Waals surface area contributed by atoms with Crippen molar-refractivity contribution in [1.82, 2.24) is 24.6 Å². The van der Waals surface area contributed by atoms with Crippen molar-refractivity contribution in [2.45, 2.75) is 32.6 Å². The standard InChI is InChI=1S/C27H26FN5O2/c1-18-15-19(2)33(31-18)23-7-3-5-21(16-23)27(34)32-13-9-20(10-14-32)25-26(30-12-11-29-25)35-24-8-4-6-22(28)17-24/h3-8,11-12,15-17,20H,9-10,13-14H2,1-2H3. The summed E-state index contributed by atoms with van der Waals surface area (Å²) in [6.07, 6.45) is 4.67. The van der Waals surface area contributed by atoms with Crippen LogP contribution in [0.3, 0.4) is 0 Å². The van der Waals surface area contributed by atoms with Crippen molar-refractivity contribution in [3.05, 3.63) is 95.5 Å². The lowest BCUT2D eigenvalue weighted by atomic mass is 9.93. The van der Waals surface area contributed by atoms with Gasteiger partial charge in [-0.1, -0.05) is 12.1 Å². The van der Waals surface area contributed by atoms with Gasteiger partial charge in [-0.2, -0.15) is 5.10 Å². The molecule has 1 saturated heterocycles. The molecular weight excluding hydrogens is 445 g/mol. The van der Waals surface area contributed by atoms with E-state index in [9.17, 15) is 9.18 Å². The van der Waals surface area contributed by atoms with Crippen molar-refractivity contribution in [1.29, 1.82) is 0 Å². The number of benzene rings is 2. The predicted octanol–water partition coefficient (Wildman–Crippen LogP) is 5.23. The van der Waals surface area contributed by atoms with E-state index in [1.54, 1.807) is 24.5 Å². The number of nitrogens with zero attached hydrogens (tertiary/aromatic N) is 5. The van der Waals surface area contributed by atoms with Crippen molar-refractivity contribution < 1.29 is 13.9 Å². The molecular formula is C27H26FN5O2. The van der Waals surface area contributed by atoms with Gasteiger partial charge in [0.15, 0.2) is 0 Å². The van der Waals surface area contributed by atoms with Gasteiger partial charge in [-0.25, -0.2) is 14.1 Å². The number of ether oxygens (including phenoxy) is 1. The Labute approximate surface area is 203 Å². The van der Waals surface area contributed by atoms with Crippen LogP contribution in [0.25, 0.3) is 5.69 Å². The summed E-state index contributed by atoms with van der Waals surface area (Å²) in [4.78, 5) is 24.0. The highest BCUT2D eigenvalue weighted by molar-refractivity contribution is 5.94. The fraction of sp³-hybridized carbons (Fsp3) is 0.259. The molecule has 178 valence electrons. The zero-order valence-electron chi connectivity index (χ0n) is 19.7. The van der Waals surface area contributed by atoms with Gasteiger partial charge in [0.25, 0.3) is 5.91 Å². The first-order valence-electron chi connectivity index (χ1n) is 11.7. The molecule has 1 aliphatic heterocycles. The Morgan fingerprint density at radius 1 is 1.00 bits per heavy atom. The van der Waals surface area contributed by atoms with Crippen LogP contribution in [0.15, 0.2) is 67.0 Å². The molecule has 1 amide bonds. The summed E-state index contributed by atoms with van der Waals surface area (Å²) >= 11 is 0. The molecule has 0 aliphatic carbocycles. The van der Waals surface area contributed by atoms with E-state index in [1.165, 1.54) is 12.1 Å². The number of rotatable bonds is 5. The molecule has 35 heavy (non-hydrogen) atoms. The highest BCUT2D eigenvalue weighted by Gasteiger charge is 2.28. The van der Waals surface area contributed by atoms with Gasteiger partial charge in [0.05, 0.1) is 11.4 Å². The summed E-state index contributed by atoms with van der Waals surface area (Å²) in [5.41, 5.74) is 4.20. The van der Waals surface area contributed by atoms with Gasteiger partial charge >= 0.3 is 0 Å². The average molecular weight is 472 g/mol. The predicted molar refractivity (Wildman–Crippen MR) is 129 cm³/mol. The van der Waals surface area contributed by atoms with Gasteiger partial charge in [-0.05, 0) is 63.1 Å². The van der Waals surface area contributed by atoms with Crippen LogP contribution < -0.4 is 4.74 Å². The van der Waals surface area contributed by atoms with E-state index >= 15 is 0 Å². The molecule has 0 atom stereocenters. The number of halogens is 1. The highest BCUT2D eigenvalue weighted by atomic mass is 19.1. The van der Waals surface area contributed by atoms with Crippen molar-refractivity contribution in [3.8, 4) is 17.3 Å². The molecule has 8 heteroatoms. The maximum Gasteiger partial charge on any atom is 0.253 e. The van der Waals surface area contributed by atoms with E-state index in [-0.39, 0.29) is 17.6 Å². The molecule has 7 nitrogen and oxygen atoms in total. The minimum atomic E-state index is -0.373. The zero-order valence-corrected chi connectivity index (χ0v) is 19.7. The molecule has 2 aromatic heterocycles. The van der Waals surface area contributed by atoms with Crippen LogP contribution in [0.5, 0.6) is 11.6 Å². The lowest BCUT2D eigenvalue weighted by molar-refractivity contribution is 0.0711. The topological polar surface area (TPSA) is 73.1 Å².